The molecule has 0 fully saturated rings. The monoisotopic (exact) mass is 353 g/mol. The minimum absolute atomic E-state index is 0.185. The second-order valence-electron chi connectivity index (χ2n) is 5.38. The molecule has 0 saturated heterocycles. The quantitative estimate of drug-likeness (QED) is 0.628. The van der Waals surface area contributed by atoms with E-state index in [4.69, 9.17) is 0 Å². The zero-order chi connectivity index (χ0) is 18.0. The summed E-state index contributed by atoms with van der Waals surface area (Å²) in [5.41, 5.74) is 4.72. The number of hydrogen-bond donors (Lipinski definition) is 1. The van der Waals surface area contributed by atoms with Crippen LogP contribution in [0.3, 0.4) is 0 Å². The van der Waals surface area contributed by atoms with Crippen molar-refractivity contribution in [1.29, 1.82) is 0 Å². The first-order valence-corrected chi connectivity index (χ1v) is 9.67. The van der Waals surface area contributed by atoms with Crippen molar-refractivity contribution in [3.8, 4) is 0 Å². The Balaban J connectivity index is 0.000000254. The first-order chi connectivity index (χ1) is 11.4. The van der Waals surface area contributed by atoms with Gasteiger partial charge in [0.1, 0.15) is 10.1 Å². The smallest absolute Gasteiger partial charge is 0.200 e. The number of nitrogens with one attached hydrogen (secondary N) is 1. The van der Waals surface area contributed by atoms with E-state index in [1.807, 2.05) is 0 Å². The van der Waals surface area contributed by atoms with Crippen LogP contribution in [0.2, 0.25) is 0 Å². The molecule has 1 aromatic rings. The number of rotatable bonds is 6. The number of nitrogens with zero attached hydrogens (tertiary/aromatic N) is 2. The molecule has 7 heteroatoms. The molecule has 0 atom stereocenters. The molecular weight excluding hydrogens is 326 g/mol. The Morgan fingerprint density at radius 3 is 2.29 bits per heavy atom. The molecule has 1 aliphatic rings. The van der Waals surface area contributed by atoms with Crippen LogP contribution >= 0.6 is 0 Å². The number of unbranched alkanes of at least 4 members (excludes halogenated alkanes) is 1. The molecule has 0 unspecified atom stereocenters. The van der Waals surface area contributed by atoms with Crippen molar-refractivity contribution in [2.45, 2.75) is 44.9 Å². The third kappa shape index (κ3) is 7.14. The number of hydrazine groups is 2. The summed E-state index contributed by atoms with van der Waals surface area (Å²) in [4.78, 5) is -0.185. The van der Waals surface area contributed by atoms with Crippen LogP contribution < -0.4 is 5.53 Å². The van der Waals surface area contributed by atoms with E-state index in [0.29, 0.717) is 0 Å². The summed E-state index contributed by atoms with van der Waals surface area (Å²) in [6.45, 7) is 8.54. The van der Waals surface area contributed by atoms with Crippen LogP contribution in [0, 0.1) is 0 Å². The molecule has 0 spiro atoms. The summed E-state index contributed by atoms with van der Waals surface area (Å²) >= 11 is 0. The number of hydrazone groups is 1. The lowest BCUT2D eigenvalue weighted by molar-refractivity contribution is -0.609. The summed E-state index contributed by atoms with van der Waals surface area (Å²) < 4.78 is 33.0. The number of hydrogen-bond acceptors (Lipinski definition) is 5. The van der Waals surface area contributed by atoms with Gasteiger partial charge in [0, 0.05) is 18.3 Å². The van der Waals surface area contributed by atoms with Crippen LogP contribution in [0.5, 0.6) is 0 Å². The minimum atomic E-state index is -4.25. The summed E-state index contributed by atoms with van der Waals surface area (Å²) in [6, 6.07) is 7.19. The van der Waals surface area contributed by atoms with Crippen LogP contribution in [0.25, 0.3) is 0 Å². The molecule has 0 aromatic heterocycles. The normalized spacial score (nSPS) is 14.1. The van der Waals surface area contributed by atoms with Crippen molar-refractivity contribution in [3.05, 3.63) is 42.1 Å². The maximum absolute atomic E-state index is 10.3. The third-order valence-corrected chi connectivity index (χ3v) is 4.28. The molecule has 1 aliphatic heterocycles. The van der Waals surface area contributed by atoms with Crippen LogP contribution in [0.4, 0.5) is 0 Å². The van der Waals surface area contributed by atoms with Gasteiger partial charge in [-0.15, -0.1) is 10.2 Å². The molecule has 0 aliphatic carbocycles. The van der Waals surface area contributed by atoms with E-state index in [-0.39, 0.29) is 4.90 Å². The van der Waals surface area contributed by atoms with Gasteiger partial charge in [-0.2, -0.15) is 0 Å². The molecule has 2 rings (SSSR count). The van der Waals surface area contributed by atoms with E-state index in [1.165, 1.54) is 49.1 Å². The standard InChI is InChI=1S/C11H22N3.C6H6O3S/c1-4-7-8-11-9-13(5-2)12-14(6-3)10-11;7-10(8,9)6-4-2-1-3-5-6/h9-10,12H,4-8H2,1-3H3;1-5H,(H,7,8,9)/q+1;/p-1. The lowest BCUT2D eigenvalue weighted by Crippen LogP contribution is -2.45. The highest BCUT2D eigenvalue weighted by Crippen LogP contribution is 2.08. The fraction of sp³-hybridized carbons (Fsp3) is 0.471. The second kappa shape index (κ2) is 10.1. The first kappa shape index (κ1) is 20.2. The topological polar surface area (TPSA) is 75.5 Å². The van der Waals surface area contributed by atoms with E-state index in [1.54, 1.807) is 6.07 Å². The molecule has 0 amide bonds. The molecule has 24 heavy (non-hydrogen) atoms. The Kier molecular flexibility index (Phi) is 8.49. The van der Waals surface area contributed by atoms with Gasteiger partial charge in [-0.25, -0.2) is 13.4 Å². The lowest BCUT2D eigenvalue weighted by atomic mass is 10.1. The van der Waals surface area contributed by atoms with Crippen molar-refractivity contribution in [2.75, 3.05) is 13.1 Å². The van der Waals surface area contributed by atoms with Crippen molar-refractivity contribution >= 4 is 16.3 Å². The van der Waals surface area contributed by atoms with E-state index >= 15 is 0 Å². The number of allylic oxidation sites excluding steroid dienone is 1. The molecule has 6 nitrogen and oxygen atoms in total. The molecule has 0 saturated carbocycles. The van der Waals surface area contributed by atoms with Gasteiger partial charge in [-0.05, 0) is 38.8 Å². The van der Waals surface area contributed by atoms with E-state index in [2.05, 4.69) is 48.4 Å². The van der Waals surface area contributed by atoms with Crippen molar-refractivity contribution in [3.63, 3.8) is 0 Å². The zero-order valence-corrected chi connectivity index (χ0v) is 15.4. The van der Waals surface area contributed by atoms with Crippen LogP contribution in [-0.4, -0.2) is 42.0 Å². The molecule has 1 heterocycles. The average molecular weight is 353 g/mol. The maximum Gasteiger partial charge on any atom is 0.200 e. The Morgan fingerprint density at radius 1 is 1.17 bits per heavy atom. The molecular formula is C17H27N3O3S. The van der Waals surface area contributed by atoms with Gasteiger partial charge in [-0.1, -0.05) is 31.5 Å². The van der Waals surface area contributed by atoms with Gasteiger partial charge >= 0.3 is 0 Å². The van der Waals surface area contributed by atoms with Crippen molar-refractivity contribution < 1.29 is 17.7 Å². The van der Waals surface area contributed by atoms with E-state index < -0.39 is 10.1 Å². The maximum atomic E-state index is 10.3. The van der Waals surface area contributed by atoms with Crippen LogP contribution in [0.1, 0.15) is 40.0 Å². The van der Waals surface area contributed by atoms with E-state index in [9.17, 15) is 13.0 Å². The molecule has 0 bridgehead atoms. The number of benzene rings is 1. The molecule has 1 aromatic carbocycles. The Labute approximate surface area is 145 Å². The molecule has 134 valence electrons. The van der Waals surface area contributed by atoms with Gasteiger partial charge in [0.05, 0.1) is 4.90 Å². The van der Waals surface area contributed by atoms with Gasteiger partial charge in [0.15, 0.2) is 12.8 Å². The van der Waals surface area contributed by atoms with Crippen LogP contribution in [0.15, 0.2) is 47.0 Å². The Bertz CT molecular complexity index is 655. The largest absolute Gasteiger partial charge is 0.744 e. The average Bonchev–Trinajstić information content (AvgIpc) is 2.60. The zero-order valence-electron chi connectivity index (χ0n) is 14.6. The summed E-state index contributed by atoms with van der Waals surface area (Å²) in [5.74, 6) is 0. The van der Waals surface area contributed by atoms with Crippen molar-refractivity contribution in [1.82, 2.24) is 10.5 Å². The lowest BCUT2D eigenvalue weighted by Gasteiger charge is -2.21. The van der Waals surface area contributed by atoms with Gasteiger partial charge in [0.2, 0.25) is 0 Å². The second-order valence-corrected chi connectivity index (χ2v) is 6.76. The van der Waals surface area contributed by atoms with E-state index in [0.717, 1.165) is 13.1 Å². The van der Waals surface area contributed by atoms with Gasteiger partial charge < -0.3 is 4.55 Å². The summed E-state index contributed by atoms with van der Waals surface area (Å²) in [6.07, 6.45) is 8.14. The van der Waals surface area contributed by atoms with Gasteiger partial charge in [-0.3, -0.25) is 0 Å². The SMILES string of the molecule is CCCCC1=CN(CC)N[N+](CC)=C1.O=S(=O)([O-])c1ccccc1. The minimum Gasteiger partial charge on any atom is -0.744 e. The Hall–Kier alpha value is -1.86. The highest BCUT2D eigenvalue weighted by Gasteiger charge is 2.13. The highest BCUT2D eigenvalue weighted by atomic mass is 32.2. The highest BCUT2D eigenvalue weighted by molar-refractivity contribution is 7.85. The van der Waals surface area contributed by atoms with Crippen LogP contribution in [-0.2, 0) is 10.1 Å². The fourth-order valence-corrected chi connectivity index (χ4v) is 2.57. The fourth-order valence-electron chi connectivity index (χ4n) is 2.08. The molecule has 1 N–H and O–H groups in total. The van der Waals surface area contributed by atoms with Crippen molar-refractivity contribution in [2.24, 2.45) is 0 Å². The summed E-state index contributed by atoms with van der Waals surface area (Å²) in [5, 5.41) is 2.13. The third-order valence-electron chi connectivity index (χ3n) is 3.43. The predicted octanol–water partition coefficient (Wildman–Crippen LogP) is 2.51. The van der Waals surface area contributed by atoms with Gasteiger partial charge in [0.25, 0.3) is 0 Å². The molecule has 0 radical (unpaired) electrons. The summed E-state index contributed by atoms with van der Waals surface area (Å²) in [7, 11) is -4.25. The predicted molar refractivity (Wildman–Crippen MR) is 94.4 cm³/mol. The Morgan fingerprint density at radius 2 is 1.83 bits per heavy atom. The first-order valence-electron chi connectivity index (χ1n) is 8.26.